The SMILES string of the molecule is COc1ccc2c(c1)c(C(=O)CC(=O)C(=O)O)cn2Cc1ccccc1. The average molecular weight is 351 g/mol. The first-order chi connectivity index (χ1) is 12.5. The van der Waals surface area contributed by atoms with Gasteiger partial charge in [-0.25, -0.2) is 4.79 Å². The molecule has 0 spiro atoms. The summed E-state index contributed by atoms with van der Waals surface area (Å²) in [7, 11) is 1.53. The molecule has 0 amide bonds. The molecule has 0 fully saturated rings. The van der Waals surface area contributed by atoms with E-state index in [1.165, 1.54) is 7.11 Å². The van der Waals surface area contributed by atoms with Crippen LogP contribution in [0, 0.1) is 0 Å². The van der Waals surface area contributed by atoms with Crippen LogP contribution in [0.25, 0.3) is 10.9 Å². The maximum atomic E-state index is 12.5. The highest BCUT2D eigenvalue weighted by Gasteiger charge is 2.22. The molecule has 3 aromatic rings. The molecule has 0 aliphatic rings. The number of ketones is 2. The smallest absolute Gasteiger partial charge is 0.372 e. The average Bonchev–Trinajstić information content (AvgIpc) is 3.00. The zero-order chi connectivity index (χ0) is 18.7. The molecule has 0 atom stereocenters. The van der Waals surface area contributed by atoms with Crippen molar-refractivity contribution in [1.29, 1.82) is 0 Å². The third kappa shape index (κ3) is 3.49. The first-order valence-corrected chi connectivity index (χ1v) is 7.99. The van der Waals surface area contributed by atoms with Crippen LogP contribution in [0.4, 0.5) is 0 Å². The number of aliphatic carboxylic acids is 1. The van der Waals surface area contributed by atoms with Crippen LogP contribution in [-0.2, 0) is 16.1 Å². The number of hydrogen-bond acceptors (Lipinski definition) is 4. The van der Waals surface area contributed by atoms with Gasteiger partial charge in [0.25, 0.3) is 0 Å². The van der Waals surface area contributed by atoms with Crippen molar-refractivity contribution in [2.45, 2.75) is 13.0 Å². The van der Waals surface area contributed by atoms with E-state index in [1.807, 2.05) is 41.0 Å². The number of nitrogens with zero attached hydrogens (tertiary/aromatic N) is 1. The molecule has 6 heteroatoms. The van der Waals surface area contributed by atoms with E-state index in [9.17, 15) is 14.4 Å². The quantitative estimate of drug-likeness (QED) is 0.402. The zero-order valence-electron chi connectivity index (χ0n) is 14.1. The summed E-state index contributed by atoms with van der Waals surface area (Å²) >= 11 is 0. The van der Waals surface area contributed by atoms with Crippen LogP contribution in [0.15, 0.2) is 54.7 Å². The number of hydrogen-bond donors (Lipinski definition) is 1. The van der Waals surface area contributed by atoms with Crippen LogP contribution in [-0.4, -0.2) is 34.3 Å². The van der Waals surface area contributed by atoms with Crippen molar-refractivity contribution in [2.24, 2.45) is 0 Å². The molecule has 6 nitrogen and oxygen atoms in total. The van der Waals surface area contributed by atoms with Crippen LogP contribution >= 0.6 is 0 Å². The maximum absolute atomic E-state index is 12.5. The van der Waals surface area contributed by atoms with Crippen molar-refractivity contribution < 1.29 is 24.2 Å². The monoisotopic (exact) mass is 351 g/mol. The summed E-state index contributed by atoms with van der Waals surface area (Å²) in [6.07, 6.45) is 0.992. The van der Waals surface area contributed by atoms with Gasteiger partial charge >= 0.3 is 5.97 Å². The summed E-state index contributed by atoms with van der Waals surface area (Å²) in [6.45, 7) is 0.545. The minimum Gasteiger partial charge on any atom is -0.497 e. The molecule has 0 saturated carbocycles. The molecular weight excluding hydrogens is 334 g/mol. The summed E-state index contributed by atoms with van der Waals surface area (Å²) in [5, 5.41) is 9.37. The number of carbonyl (C=O) groups excluding carboxylic acids is 2. The van der Waals surface area contributed by atoms with Crippen LogP contribution in [0.2, 0.25) is 0 Å². The zero-order valence-corrected chi connectivity index (χ0v) is 14.1. The normalized spacial score (nSPS) is 10.7. The minimum atomic E-state index is -1.61. The van der Waals surface area contributed by atoms with Gasteiger partial charge in [0.2, 0.25) is 5.78 Å². The van der Waals surface area contributed by atoms with Gasteiger partial charge in [0.05, 0.1) is 13.5 Å². The molecule has 0 unspecified atom stereocenters. The topological polar surface area (TPSA) is 85.6 Å². The summed E-state index contributed by atoms with van der Waals surface area (Å²) in [5.74, 6) is -2.68. The molecule has 3 rings (SSSR count). The van der Waals surface area contributed by atoms with Gasteiger partial charge in [-0.2, -0.15) is 0 Å². The molecule has 0 radical (unpaired) electrons. The lowest BCUT2D eigenvalue weighted by Crippen LogP contribution is -2.17. The van der Waals surface area contributed by atoms with Crippen molar-refractivity contribution in [3.8, 4) is 5.75 Å². The van der Waals surface area contributed by atoms with Crippen LogP contribution in [0.1, 0.15) is 22.3 Å². The molecule has 0 saturated heterocycles. The molecule has 0 aliphatic heterocycles. The highest BCUT2D eigenvalue weighted by atomic mass is 16.5. The van der Waals surface area contributed by atoms with Gasteiger partial charge < -0.3 is 14.4 Å². The van der Waals surface area contributed by atoms with Crippen molar-refractivity contribution >= 4 is 28.4 Å². The van der Waals surface area contributed by atoms with Gasteiger partial charge in [-0.15, -0.1) is 0 Å². The Morgan fingerprint density at radius 3 is 2.46 bits per heavy atom. The molecule has 0 aliphatic carbocycles. The van der Waals surface area contributed by atoms with E-state index in [-0.39, 0.29) is 0 Å². The third-order valence-electron chi connectivity index (χ3n) is 4.14. The number of carboxylic acid groups (broad SMARTS) is 1. The van der Waals surface area contributed by atoms with E-state index in [4.69, 9.17) is 9.84 Å². The van der Waals surface area contributed by atoms with Gasteiger partial charge in [-0.05, 0) is 23.8 Å². The van der Waals surface area contributed by atoms with Crippen LogP contribution in [0.3, 0.4) is 0 Å². The second-order valence-corrected chi connectivity index (χ2v) is 5.87. The number of ether oxygens (including phenoxy) is 1. The van der Waals surface area contributed by atoms with Crippen molar-refractivity contribution in [3.63, 3.8) is 0 Å². The highest BCUT2D eigenvalue weighted by Crippen LogP contribution is 2.28. The standard InChI is InChI=1S/C20H17NO5/c1-26-14-7-8-17-15(9-14)16(18(22)10-19(23)20(24)25)12-21(17)11-13-5-3-2-4-6-13/h2-9,12H,10-11H2,1H3,(H,24,25). The number of carboxylic acids is 1. The Morgan fingerprint density at radius 1 is 1.08 bits per heavy atom. The minimum absolute atomic E-state index is 0.310. The Balaban J connectivity index is 2.05. The largest absolute Gasteiger partial charge is 0.497 e. The number of benzene rings is 2. The lowest BCUT2D eigenvalue weighted by atomic mass is 10.0. The summed E-state index contributed by atoms with van der Waals surface area (Å²) in [4.78, 5) is 34.7. The van der Waals surface area contributed by atoms with E-state index in [2.05, 4.69) is 0 Å². The summed E-state index contributed by atoms with van der Waals surface area (Å²) in [5.41, 5.74) is 2.17. The fraction of sp³-hybridized carbons (Fsp3) is 0.150. The first-order valence-electron chi connectivity index (χ1n) is 7.99. The Kier molecular flexibility index (Phi) is 4.84. The molecule has 1 N–H and O–H groups in total. The summed E-state index contributed by atoms with van der Waals surface area (Å²) in [6, 6.07) is 15.1. The number of methoxy groups -OCH3 is 1. The first kappa shape index (κ1) is 17.4. The maximum Gasteiger partial charge on any atom is 0.372 e. The molecular formula is C20H17NO5. The van der Waals surface area contributed by atoms with Crippen molar-refractivity contribution in [1.82, 2.24) is 4.57 Å². The lowest BCUT2D eigenvalue weighted by molar-refractivity contribution is -0.148. The van der Waals surface area contributed by atoms with E-state index in [0.29, 0.717) is 23.2 Å². The van der Waals surface area contributed by atoms with E-state index in [1.54, 1.807) is 18.3 Å². The fourth-order valence-electron chi connectivity index (χ4n) is 2.85. The van der Waals surface area contributed by atoms with Gasteiger partial charge in [0, 0.05) is 29.2 Å². The molecule has 132 valence electrons. The molecule has 26 heavy (non-hydrogen) atoms. The molecule has 1 aromatic heterocycles. The Hall–Kier alpha value is -3.41. The second-order valence-electron chi connectivity index (χ2n) is 5.87. The second kappa shape index (κ2) is 7.23. The highest BCUT2D eigenvalue weighted by molar-refractivity contribution is 6.37. The molecule has 0 bridgehead atoms. The Morgan fingerprint density at radius 2 is 1.81 bits per heavy atom. The van der Waals surface area contributed by atoms with E-state index in [0.717, 1.165) is 11.1 Å². The number of aromatic nitrogens is 1. The van der Waals surface area contributed by atoms with E-state index >= 15 is 0 Å². The number of fused-ring (bicyclic) bond motifs is 1. The number of Topliss-reactive ketones (excluding diaryl/α,β-unsaturated/α-hetero) is 2. The lowest BCUT2D eigenvalue weighted by Gasteiger charge is -2.06. The molecule has 1 heterocycles. The van der Waals surface area contributed by atoms with Crippen molar-refractivity contribution in [3.05, 3.63) is 65.9 Å². The fourth-order valence-corrected chi connectivity index (χ4v) is 2.85. The van der Waals surface area contributed by atoms with Gasteiger partial charge in [-0.1, -0.05) is 30.3 Å². The van der Waals surface area contributed by atoms with E-state index < -0.39 is 24.0 Å². The van der Waals surface area contributed by atoms with Crippen LogP contribution in [0.5, 0.6) is 5.75 Å². The van der Waals surface area contributed by atoms with Gasteiger partial charge in [-0.3, -0.25) is 9.59 Å². The number of rotatable bonds is 7. The Labute approximate surface area is 149 Å². The van der Waals surface area contributed by atoms with Gasteiger partial charge in [0.15, 0.2) is 5.78 Å². The number of carbonyl (C=O) groups is 3. The van der Waals surface area contributed by atoms with Crippen LogP contribution < -0.4 is 4.74 Å². The van der Waals surface area contributed by atoms with Gasteiger partial charge in [0.1, 0.15) is 5.75 Å². The predicted molar refractivity (Wildman–Crippen MR) is 95.6 cm³/mol. The van der Waals surface area contributed by atoms with Crippen molar-refractivity contribution in [2.75, 3.05) is 7.11 Å². The third-order valence-corrected chi connectivity index (χ3v) is 4.14. The Bertz CT molecular complexity index is 988. The molecule has 2 aromatic carbocycles. The predicted octanol–water partition coefficient (Wildman–Crippen LogP) is 2.92. The summed E-state index contributed by atoms with van der Waals surface area (Å²) < 4.78 is 7.13.